The van der Waals surface area contributed by atoms with Gasteiger partial charge in [-0.05, 0) is 70.6 Å². The monoisotopic (exact) mass is 771 g/mol. The summed E-state index contributed by atoms with van der Waals surface area (Å²) in [6.45, 7) is 5.56. The van der Waals surface area contributed by atoms with Gasteiger partial charge >= 0.3 is 13.8 Å². The van der Waals surface area contributed by atoms with Crippen molar-refractivity contribution in [1.82, 2.24) is 0 Å². The van der Waals surface area contributed by atoms with E-state index < -0.39 is 13.9 Å². The fourth-order valence-corrected chi connectivity index (χ4v) is 6.49. The lowest BCUT2D eigenvalue weighted by atomic mass is 10.1. The lowest BCUT2D eigenvalue weighted by Gasteiger charge is -2.24. The number of allylic oxidation sites excluding steroid dienone is 6. The van der Waals surface area contributed by atoms with Crippen molar-refractivity contribution in [1.29, 1.82) is 0 Å². The van der Waals surface area contributed by atoms with E-state index in [1.807, 2.05) is 21.1 Å². The summed E-state index contributed by atoms with van der Waals surface area (Å²) in [5.74, 6) is -0.330. The Morgan fingerprint density at radius 3 is 1.58 bits per heavy atom. The van der Waals surface area contributed by atoms with Crippen molar-refractivity contribution < 1.29 is 37.3 Å². The van der Waals surface area contributed by atoms with Gasteiger partial charge in [-0.1, -0.05) is 140 Å². The summed E-state index contributed by atoms with van der Waals surface area (Å²) in [7, 11) is 1.65. The van der Waals surface area contributed by atoms with Crippen molar-refractivity contribution >= 4 is 13.8 Å². The molecule has 0 aromatic rings. The molecule has 8 nitrogen and oxygen atoms in total. The Labute approximate surface area is 327 Å². The third-order valence-corrected chi connectivity index (χ3v) is 10.2. The third-order valence-electron chi connectivity index (χ3n) is 9.17. The maximum absolute atomic E-state index is 12.7. The van der Waals surface area contributed by atoms with Crippen LogP contribution in [0.5, 0.6) is 0 Å². The molecule has 0 radical (unpaired) electrons. The Morgan fingerprint density at radius 1 is 0.585 bits per heavy atom. The highest BCUT2D eigenvalue weighted by molar-refractivity contribution is 7.47. The molecule has 0 saturated heterocycles. The Balaban J connectivity index is 4.28. The van der Waals surface area contributed by atoms with Gasteiger partial charge < -0.3 is 18.9 Å². The molecule has 0 aromatic carbocycles. The van der Waals surface area contributed by atoms with Crippen molar-refractivity contribution in [2.75, 3.05) is 54.1 Å². The molecule has 0 rings (SSSR count). The molecule has 0 amide bonds. The van der Waals surface area contributed by atoms with Crippen LogP contribution in [0.1, 0.15) is 181 Å². The second-order valence-corrected chi connectivity index (χ2v) is 17.2. The van der Waals surface area contributed by atoms with Crippen LogP contribution in [0.25, 0.3) is 0 Å². The van der Waals surface area contributed by atoms with Crippen molar-refractivity contribution in [3.8, 4) is 0 Å². The highest BCUT2D eigenvalue weighted by Gasteiger charge is 2.26. The van der Waals surface area contributed by atoms with Crippen LogP contribution in [0.2, 0.25) is 0 Å². The topological polar surface area (TPSA) is 91.3 Å². The molecule has 53 heavy (non-hydrogen) atoms. The van der Waals surface area contributed by atoms with Gasteiger partial charge in [0.2, 0.25) is 0 Å². The molecule has 0 aliphatic carbocycles. The normalized spacial score (nSPS) is 14.2. The molecule has 0 saturated carbocycles. The number of likely N-dealkylation sites (N-methyl/N-ethyl adjacent to an activating group) is 1. The van der Waals surface area contributed by atoms with Crippen LogP contribution in [0.15, 0.2) is 36.5 Å². The zero-order valence-electron chi connectivity index (χ0n) is 35.3. The predicted molar refractivity (Wildman–Crippen MR) is 224 cm³/mol. The van der Waals surface area contributed by atoms with E-state index in [-0.39, 0.29) is 25.8 Å². The number of hydrogen-bond donors (Lipinski definition) is 1. The first-order valence-corrected chi connectivity index (χ1v) is 23.2. The number of carbonyl (C=O) groups excluding carboxylic acids is 1. The minimum Gasteiger partial charge on any atom is -0.457 e. The van der Waals surface area contributed by atoms with E-state index in [9.17, 15) is 14.3 Å². The number of ether oxygens (including phenoxy) is 2. The summed E-state index contributed by atoms with van der Waals surface area (Å²) in [5, 5.41) is 0. The highest BCUT2D eigenvalue weighted by atomic mass is 31.2. The SMILES string of the molecule is CCCCC/C=C\C/C=C\CCCCCCCC(=O)OC(COCCCCCCCC/C=C\CCCCCCCC)COP(=O)(O)OCC[N+](C)(C)C. The van der Waals surface area contributed by atoms with Gasteiger partial charge in [0.1, 0.15) is 19.3 Å². The molecule has 2 unspecified atom stereocenters. The number of carbonyl (C=O) groups is 1. The molecule has 0 aliphatic heterocycles. The summed E-state index contributed by atoms with van der Waals surface area (Å²) in [5.41, 5.74) is 0. The van der Waals surface area contributed by atoms with E-state index in [2.05, 4.69) is 50.3 Å². The first kappa shape index (κ1) is 51.7. The Morgan fingerprint density at radius 2 is 1.04 bits per heavy atom. The van der Waals surface area contributed by atoms with Gasteiger partial charge in [0.05, 0.1) is 34.4 Å². The number of hydrogen-bond acceptors (Lipinski definition) is 6. The van der Waals surface area contributed by atoms with E-state index in [0.717, 1.165) is 57.8 Å². The lowest BCUT2D eigenvalue weighted by Crippen LogP contribution is -2.37. The molecule has 0 spiro atoms. The molecular weight excluding hydrogens is 685 g/mol. The van der Waals surface area contributed by atoms with Crippen LogP contribution in [0.3, 0.4) is 0 Å². The average Bonchev–Trinajstić information content (AvgIpc) is 3.11. The fourth-order valence-electron chi connectivity index (χ4n) is 5.75. The maximum Gasteiger partial charge on any atom is 0.472 e. The summed E-state index contributed by atoms with van der Waals surface area (Å²) >= 11 is 0. The molecule has 0 fully saturated rings. The molecule has 9 heteroatoms. The molecule has 1 N–H and O–H groups in total. The third kappa shape index (κ3) is 41.7. The Bertz CT molecular complexity index is 947. The molecule has 312 valence electrons. The average molecular weight is 771 g/mol. The number of rotatable bonds is 40. The van der Waals surface area contributed by atoms with E-state index in [4.69, 9.17) is 18.5 Å². The van der Waals surface area contributed by atoms with E-state index in [1.165, 1.54) is 103 Å². The minimum atomic E-state index is -4.28. The van der Waals surface area contributed by atoms with Gasteiger partial charge in [-0.15, -0.1) is 0 Å². The first-order valence-electron chi connectivity index (χ1n) is 21.7. The fraction of sp³-hybridized carbons (Fsp3) is 0.841. The zero-order valence-corrected chi connectivity index (χ0v) is 36.1. The van der Waals surface area contributed by atoms with Crippen molar-refractivity contribution in [3.63, 3.8) is 0 Å². The van der Waals surface area contributed by atoms with Crippen LogP contribution >= 0.6 is 7.82 Å². The zero-order chi connectivity index (χ0) is 39.1. The number of nitrogens with zero attached hydrogens (tertiary/aromatic N) is 1. The Hall–Kier alpha value is -1.28. The Kier molecular flexibility index (Phi) is 36.7. The number of phosphoric acid groups is 1. The number of unbranched alkanes of at least 4 members (excludes halogenated alkanes) is 20. The van der Waals surface area contributed by atoms with Gasteiger partial charge in [-0.3, -0.25) is 13.8 Å². The van der Waals surface area contributed by atoms with Crippen LogP contribution in [0.4, 0.5) is 0 Å². The summed E-state index contributed by atoms with van der Waals surface area (Å²) in [6, 6.07) is 0. The lowest BCUT2D eigenvalue weighted by molar-refractivity contribution is -0.870. The summed E-state index contributed by atoms with van der Waals surface area (Å²) in [6.07, 6.45) is 43.1. The smallest absolute Gasteiger partial charge is 0.457 e. The maximum atomic E-state index is 12.7. The van der Waals surface area contributed by atoms with Gasteiger partial charge in [0.25, 0.3) is 0 Å². The van der Waals surface area contributed by atoms with E-state index in [1.54, 1.807) is 0 Å². The summed E-state index contributed by atoms with van der Waals surface area (Å²) in [4.78, 5) is 22.9. The van der Waals surface area contributed by atoms with Crippen LogP contribution in [-0.2, 0) is 27.9 Å². The molecule has 0 heterocycles. The van der Waals surface area contributed by atoms with Crippen LogP contribution in [-0.4, -0.2) is 75.6 Å². The molecule has 2 atom stereocenters. The van der Waals surface area contributed by atoms with Crippen LogP contribution in [0, 0.1) is 0 Å². The van der Waals surface area contributed by atoms with Crippen molar-refractivity contribution in [2.45, 2.75) is 187 Å². The summed E-state index contributed by atoms with van der Waals surface area (Å²) < 4.78 is 35.0. The minimum absolute atomic E-state index is 0.0843. The van der Waals surface area contributed by atoms with Crippen molar-refractivity contribution in [2.24, 2.45) is 0 Å². The van der Waals surface area contributed by atoms with Crippen LogP contribution < -0.4 is 0 Å². The quantitative estimate of drug-likeness (QED) is 0.0218. The number of phosphoric ester groups is 1. The van der Waals surface area contributed by atoms with Gasteiger partial charge in [0.15, 0.2) is 0 Å². The second-order valence-electron chi connectivity index (χ2n) is 15.7. The standard InChI is InChI=1S/C44H84NO7P/c1-6-8-10-12-14-16-18-20-22-24-26-28-30-32-34-36-39-49-41-43(42-51-53(47,48)50-40-38-45(3,4)5)52-44(46)37-35-33-31-29-27-25-23-21-19-17-15-13-11-9-7-2/h15,17,20-23,43H,6-14,16,18-19,24-42H2,1-5H3/p+1/b17-15-,22-20-,23-21-. The van der Waals surface area contributed by atoms with Gasteiger partial charge in [0, 0.05) is 13.0 Å². The van der Waals surface area contributed by atoms with E-state index in [0.29, 0.717) is 24.1 Å². The van der Waals surface area contributed by atoms with Gasteiger partial charge in [-0.25, -0.2) is 4.57 Å². The molecule has 0 aliphatic rings. The molecule has 0 aromatic heterocycles. The van der Waals surface area contributed by atoms with Gasteiger partial charge in [-0.2, -0.15) is 0 Å². The predicted octanol–water partition coefficient (Wildman–Crippen LogP) is 12.6. The largest absolute Gasteiger partial charge is 0.472 e. The first-order chi connectivity index (χ1) is 25.6. The highest BCUT2D eigenvalue weighted by Crippen LogP contribution is 2.43. The van der Waals surface area contributed by atoms with E-state index >= 15 is 0 Å². The van der Waals surface area contributed by atoms with Crippen molar-refractivity contribution in [3.05, 3.63) is 36.5 Å². The second kappa shape index (κ2) is 37.6. The number of esters is 1. The molecular formula is C44H85NO7P+. The molecule has 0 bridgehead atoms. The number of quaternary nitrogens is 1.